The highest BCUT2D eigenvalue weighted by Crippen LogP contribution is 2.42. The van der Waals surface area contributed by atoms with Gasteiger partial charge in [0.2, 0.25) is 0 Å². The summed E-state index contributed by atoms with van der Waals surface area (Å²) >= 11 is 0. The number of rotatable bonds is 7. The first-order valence-electron chi connectivity index (χ1n) is 15.1. The number of methoxy groups -OCH3 is 1. The highest BCUT2D eigenvalue weighted by molar-refractivity contribution is 5.89. The van der Waals surface area contributed by atoms with Crippen LogP contribution in [0.1, 0.15) is 36.5 Å². The second kappa shape index (κ2) is 14.1. The number of carbonyl (C=O) groups excluding carboxylic acids is 1. The maximum absolute atomic E-state index is 13.5. The topological polar surface area (TPSA) is 88.5 Å². The minimum atomic E-state index is -1.04. The largest absolute Gasteiger partial charge is 0.497 e. The molecule has 2 aliphatic heterocycles. The molecule has 3 aromatic rings. The van der Waals surface area contributed by atoms with Crippen LogP contribution in [0.4, 0.5) is 10.5 Å². The first-order chi connectivity index (χ1) is 20.9. The molecule has 8 heteroatoms. The van der Waals surface area contributed by atoms with Crippen molar-refractivity contribution in [2.45, 2.75) is 44.1 Å². The van der Waals surface area contributed by atoms with Crippen LogP contribution in [-0.4, -0.2) is 102 Å². The van der Waals surface area contributed by atoms with Crippen molar-refractivity contribution in [3.8, 4) is 17.6 Å². The highest BCUT2D eigenvalue weighted by atomic mass is 16.5. The number of amides is 2. The number of likely N-dealkylation sites (N-methyl/N-ethyl adjacent to an activating group) is 1. The van der Waals surface area contributed by atoms with Gasteiger partial charge < -0.3 is 30.1 Å². The Kier molecular flexibility index (Phi) is 10.0. The van der Waals surface area contributed by atoms with Crippen molar-refractivity contribution < 1.29 is 19.7 Å². The molecular formula is C35H42N4O4. The Morgan fingerprint density at radius 3 is 2.14 bits per heavy atom. The van der Waals surface area contributed by atoms with Crippen molar-refractivity contribution in [1.82, 2.24) is 14.7 Å². The monoisotopic (exact) mass is 582 g/mol. The van der Waals surface area contributed by atoms with Gasteiger partial charge in [0, 0.05) is 54.5 Å². The lowest BCUT2D eigenvalue weighted by molar-refractivity contribution is -0.107. The molecule has 0 aromatic heterocycles. The first kappa shape index (κ1) is 30.6. The number of ether oxygens (including phenoxy) is 1. The normalized spacial score (nSPS) is 23.7. The number of aliphatic hydroxyl groups is 2. The number of hydrogen-bond donors (Lipinski definition) is 3. The Morgan fingerprint density at radius 2 is 1.51 bits per heavy atom. The van der Waals surface area contributed by atoms with Crippen LogP contribution < -0.4 is 10.1 Å². The second-order valence-electron chi connectivity index (χ2n) is 11.3. The summed E-state index contributed by atoms with van der Waals surface area (Å²) in [5.41, 5.74) is 3.75. The summed E-state index contributed by atoms with van der Waals surface area (Å²) in [6.45, 7) is 7.85. The lowest BCUT2D eigenvalue weighted by Gasteiger charge is -2.59. The average Bonchev–Trinajstić information content (AvgIpc) is 3.03. The fraction of sp³-hybridized carbons (Fsp3) is 0.400. The Balaban J connectivity index is 1.40. The molecule has 4 unspecified atom stereocenters. The van der Waals surface area contributed by atoms with E-state index in [4.69, 9.17) is 4.74 Å². The molecule has 5 rings (SSSR count). The zero-order valence-corrected chi connectivity index (χ0v) is 25.2. The molecule has 3 aromatic carbocycles. The van der Waals surface area contributed by atoms with Gasteiger partial charge in [-0.05, 0) is 67.2 Å². The number of nitrogens with one attached hydrogen (secondary N) is 1. The number of benzene rings is 3. The number of anilines is 1. The number of fused-ring (bicyclic) bond motifs is 1. The van der Waals surface area contributed by atoms with E-state index in [0.717, 1.165) is 30.8 Å². The van der Waals surface area contributed by atoms with Crippen molar-refractivity contribution in [2.75, 3.05) is 51.7 Å². The van der Waals surface area contributed by atoms with Crippen molar-refractivity contribution >= 4 is 11.7 Å². The summed E-state index contributed by atoms with van der Waals surface area (Å²) in [7, 11) is 1.60. The molecule has 8 nitrogen and oxygen atoms in total. The van der Waals surface area contributed by atoms with Gasteiger partial charge in [-0.25, -0.2) is 4.79 Å². The quantitative estimate of drug-likeness (QED) is 0.367. The van der Waals surface area contributed by atoms with Crippen LogP contribution in [0.25, 0.3) is 0 Å². The molecule has 2 aliphatic rings. The van der Waals surface area contributed by atoms with E-state index in [-0.39, 0.29) is 30.6 Å². The zero-order valence-electron chi connectivity index (χ0n) is 25.2. The summed E-state index contributed by atoms with van der Waals surface area (Å²) in [6.07, 6.45) is -2.01. The van der Waals surface area contributed by atoms with Gasteiger partial charge in [-0.2, -0.15) is 0 Å². The Labute approximate surface area is 254 Å². The van der Waals surface area contributed by atoms with E-state index in [1.54, 1.807) is 36.3 Å². The molecule has 0 aliphatic carbocycles. The average molecular weight is 583 g/mol. The summed E-state index contributed by atoms with van der Waals surface area (Å²) in [5.74, 6) is 7.34. The van der Waals surface area contributed by atoms with Gasteiger partial charge in [0.05, 0.1) is 25.9 Å². The molecule has 0 radical (unpaired) electrons. The molecule has 0 saturated carbocycles. The van der Waals surface area contributed by atoms with E-state index in [1.807, 2.05) is 30.3 Å². The van der Waals surface area contributed by atoms with E-state index < -0.39 is 12.2 Å². The van der Waals surface area contributed by atoms with Crippen LogP contribution in [-0.2, 0) is 0 Å². The third-order valence-electron chi connectivity index (χ3n) is 8.73. The summed E-state index contributed by atoms with van der Waals surface area (Å²) in [5, 5.41) is 24.8. The molecule has 5 atom stereocenters. The van der Waals surface area contributed by atoms with Gasteiger partial charge in [0.1, 0.15) is 5.75 Å². The summed E-state index contributed by atoms with van der Waals surface area (Å²) < 4.78 is 5.23. The van der Waals surface area contributed by atoms with Crippen LogP contribution in [0.15, 0.2) is 78.9 Å². The number of nitrogens with zero attached hydrogens (tertiary/aromatic N) is 3. The molecule has 226 valence electrons. The minimum absolute atomic E-state index is 0.00872. The van der Waals surface area contributed by atoms with Crippen LogP contribution in [0.2, 0.25) is 0 Å². The van der Waals surface area contributed by atoms with Crippen molar-refractivity contribution in [3.63, 3.8) is 0 Å². The number of β-amino-alcohol motifs (C(OH)–C–C–N with tert-alkyl or cyclic N) is 1. The van der Waals surface area contributed by atoms with Gasteiger partial charge in [-0.3, -0.25) is 4.90 Å². The predicted molar refractivity (Wildman–Crippen MR) is 169 cm³/mol. The van der Waals surface area contributed by atoms with Crippen molar-refractivity contribution in [3.05, 3.63) is 95.6 Å². The minimum Gasteiger partial charge on any atom is -0.497 e. The van der Waals surface area contributed by atoms with Gasteiger partial charge in [0.25, 0.3) is 0 Å². The smallest absolute Gasteiger partial charge is 0.321 e. The molecule has 43 heavy (non-hydrogen) atoms. The Hall–Kier alpha value is -3.87. The second-order valence-corrected chi connectivity index (χ2v) is 11.3. The fourth-order valence-electron chi connectivity index (χ4n) is 6.19. The SMILES string of the molecule is CCN(CC)CC1C(c2ccc(C#Cc3ccccc3)cc2)C2CN(C(=O)Nc3ccc(OC)cc3)CC(O)[C@@H](O)CN12. The van der Waals surface area contributed by atoms with E-state index in [1.165, 1.54) is 5.56 Å². The van der Waals surface area contributed by atoms with Gasteiger partial charge in [-0.1, -0.05) is 56.0 Å². The third kappa shape index (κ3) is 7.20. The molecular weight excluding hydrogens is 540 g/mol. The molecule has 0 bridgehead atoms. The van der Waals surface area contributed by atoms with E-state index in [0.29, 0.717) is 24.5 Å². The van der Waals surface area contributed by atoms with E-state index >= 15 is 0 Å². The molecule has 2 amide bonds. The van der Waals surface area contributed by atoms with Crippen LogP contribution in [0.5, 0.6) is 5.75 Å². The Morgan fingerprint density at radius 1 is 0.884 bits per heavy atom. The summed E-state index contributed by atoms with van der Waals surface area (Å²) in [4.78, 5) is 19.8. The summed E-state index contributed by atoms with van der Waals surface area (Å²) in [6, 6.07) is 25.3. The lowest BCUT2D eigenvalue weighted by atomic mass is 9.73. The third-order valence-corrected chi connectivity index (χ3v) is 8.73. The van der Waals surface area contributed by atoms with Crippen molar-refractivity contribution in [1.29, 1.82) is 0 Å². The van der Waals surface area contributed by atoms with Crippen LogP contribution in [0, 0.1) is 11.8 Å². The molecule has 3 N–H and O–H groups in total. The molecule has 2 heterocycles. The van der Waals surface area contributed by atoms with Gasteiger partial charge >= 0.3 is 6.03 Å². The van der Waals surface area contributed by atoms with Crippen LogP contribution >= 0.6 is 0 Å². The maximum atomic E-state index is 13.5. The predicted octanol–water partition coefficient (Wildman–Crippen LogP) is 3.84. The first-order valence-corrected chi connectivity index (χ1v) is 15.1. The van der Waals surface area contributed by atoms with Crippen molar-refractivity contribution in [2.24, 2.45) is 0 Å². The number of carbonyl (C=O) groups is 1. The molecule has 0 spiro atoms. The highest BCUT2D eigenvalue weighted by Gasteiger charge is 2.52. The lowest BCUT2D eigenvalue weighted by Crippen LogP contribution is -2.72. The maximum Gasteiger partial charge on any atom is 0.321 e. The molecule has 2 saturated heterocycles. The zero-order chi connectivity index (χ0) is 30.3. The molecule has 2 fully saturated rings. The standard InChI is InChI=1S/C35H42N4O4/c1-4-37(5-2)21-30-34(27-15-13-26(14-16-27)12-11-25-9-7-6-8-10-25)31-22-38(23-32(40)33(41)24-39(30)31)35(42)36-28-17-19-29(43-3)20-18-28/h6-10,13-20,30-34,40-41H,4-5,21-24H2,1-3H3,(H,36,42)/t30?,31?,32?,33-,34?/m0/s1. The Bertz CT molecular complexity index is 1400. The van der Waals surface area contributed by atoms with E-state index in [9.17, 15) is 15.0 Å². The van der Waals surface area contributed by atoms with Crippen LogP contribution in [0.3, 0.4) is 0 Å². The van der Waals surface area contributed by atoms with Gasteiger partial charge in [-0.15, -0.1) is 0 Å². The van der Waals surface area contributed by atoms with Gasteiger partial charge in [0.15, 0.2) is 0 Å². The number of hydrogen-bond acceptors (Lipinski definition) is 6. The number of urea groups is 1. The number of aliphatic hydroxyl groups excluding tert-OH is 2. The van der Waals surface area contributed by atoms with E-state index in [2.05, 4.69) is 65.1 Å². The fourth-order valence-corrected chi connectivity index (χ4v) is 6.19.